The predicted octanol–water partition coefficient (Wildman–Crippen LogP) is 4.71. The molecule has 130 valence electrons. The summed E-state index contributed by atoms with van der Waals surface area (Å²) in [5.41, 5.74) is -0.416. The summed E-state index contributed by atoms with van der Waals surface area (Å²) < 4.78 is 0. The molecule has 2 rings (SSSR count). The Morgan fingerprint density at radius 3 is 1.52 bits per heavy atom. The Hall–Kier alpha value is -1.99. The molecule has 0 atom stereocenters. The van der Waals surface area contributed by atoms with E-state index in [4.69, 9.17) is 51.6 Å². The molecule has 10 heteroatoms. The van der Waals surface area contributed by atoms with Crippen LogP contribution in [-0.4, -0.2) is 22.7 Å². The van der Waals surface area contributed by atoms with Gasteiger partial charge in [0.25, 0.3) is 11.8 Å². The van der Waals surface area contributed by atoms with Gasteiger partial charge >= 0.3 is 0 Å². The summed E-state index contributed by atoms with van der Waals surface area (Å²) in [4.78, 5) is 24.3. The quantitative estimate of drug-likeness (QED) is 0.289. The average molecular weight is 421 g/mol. The van der Waals surface area contributed by atoms with Gasteiger partial charge in [-0.3, -0.25) is 9.59 Å². The number of nitrogens with zero attached hydrogens (tertiary/aromatic N) is 1. The molecule has 0 saturated carbocycles. The fraction of sp³-hybridized carbons (Fsp3) is 0. The zero-order chi connectivity index (χ0) is 18.6. The molecule has 0 fully saturated rings. The predicted molar refractivity (Wildman–Crippen MR) is 99.4 cm³/mol. The molecule has 0 aliphatic heterocycles. The second kappa shape index (κ2) is 8.40. The van der Waals surface area contributed by atoms with Crippen molar-refractivity contribution < 1.29 is 14.8 Å². The molecular formula is C15H9Cl4N3O3. The zero-order valence-corrected chi connectivity index (χ0v) is 15.2. The normalized spacial score (nSPS) is 10.1. The van der Waals surface area contributed by atoms with E-state index in [9.17, 15) is 9.59 Å². The minimum Gasteiger partial charge on any atom is -0.410 e. The second-order valence-corrected chi connectivity index (χ2v) is 6.29. The van der Waals surface area contributed by atoms with Crippen LogP contribution in [0.1, 0.15) is 0 Å². The van der Waals surface area contributed by atoms with Crippen LogP contribution in [0.15, 0.2) is 41.6 Å². The summed E-state index contributed by atoms with van der Waals surface area (Å²) in [6.07, 6.45) is 0. The number of hydrogen-bond donors (Lipinski definition) is 3. The molecule has 0 aliphatic rings. The standard InChI is InChI=1S/C15H9Cl4N3O3/c16-7-1-3-11(9(18)5-7)20-14(23)13(22-25)15(24)21-12-4-2-8(17)6-10(12)19/h1-6,25H,(H,20,23)(H,21,24). The van der Waals surface area contributed by atoms with Crippen molar-refractivity contribution in [2.75, 3.05) is 10.6 Å². The van der Waals surface area contributed by atoms with E-state index in [2.05, 4.69) is 15.8 Å². The van der Waals surface area contributed by atoms with Crippen molar-refractivity contribution in [3.05, 3.63) is 56.5 Å². The lowest BCUT2D eigenvalue weighted by atomic mass is 10.2. The monoisotopic (exact) mass is 419 g/mol. The van der Waals surface area contributed by atoms with E-state index in [1.54, 1.807) is 0 Å². The Balaban J connectivity index is 2.15. The van der Waals surface area contributed by atoms with Gasteiger partial charge < -0.3 is 15.8 Å². The first kappa shape index (κ1) is 19.3. The summed E-state index contributed by atoms with van der Waals surface area (Å²) in [6, 6.07) is 8.67. The maximum atomic E-state index is 12.1. The molecule has 2 aromatic carbocycles. The SMILES string of the molecule is O=C(Nc1ccc(Cl)cc1Cl)C(=NO)C(=O)Nc1ccc(Cl)cc1Cl. The summed E-state index contributed by atoms with van der Waals surface area (Å²) >= 11 is 23.4. The largest absolute Gasteiger partial charge is 0.410 e. The molecule has 0 radical (unpaired) electrons. The van der Waals surface area contributed by atoms with Gasteiger partial charge in [-0.2, -0.15) is 0 Å². The number of anilines is 2. The highest BCUT2D eigenvalue weighted by molar-refractivity contribution is 6.69. The number of rotatable bonds is 4. The summed E-state index contributed by atoms with van der Waals surface area (Å²) in [7, 11) is 0. The van der Waals surface area contributed by atoms with Gasteiger partial charge in [0.15, 0.2) is 0 Å². The highest BCUT2D eigenvalue weighted by atomic mass is 35.5. The number of carbonyl (C=O) groups is 2. The summed E-state index contributed by atoms with van der Waals surface area (Å²) in [5.74, 6) is -1.95. The van der Waals surface area contributed by atoms with Crippen LogP contribution in [0.3, 0.4) is 0 Å². The molecule has 25 heavy (non-hydrogen) atoms. The molecule has 0 aromatic heterocycles. The highest BCUT2D eigenvalue weighted by Crippen LogP contribution is 2.26. The van der Waals surface area contributed by atoms with Gasteiger partial charge in [0.2, 0.25) is 5.71 Å². The molecular weight excluding hydrogens is 412 g/mol. The van der Waals surface area contributed by atoms with E-state index in [-0.39, 0.29) is 21.4 Å². The number of carbonyl (C=O) groups excluding carboxylic acids is 2. The lowest BCUT2D eigenvalue weighted by molar-refractivity contribution is -0.114. The molecule has 3 N–H and O–H groups in total. The van der Waals surface area contributed by atoms with Crippen molar-refractivity contribution in [1.82, 2.24) is 0 Å². The average Bonchev–Trinajstić information content (AvgIpc) is 2.53. The van der Waals surface area contributed by atoms with E-state index in [0.29, 0.717) is 10.0 Å². The molecule has 2 amide bonds. The Kier molecular flexibility index (Phi) is 6.50. The second-order valence-electron chi connectivity index (χ2n) is 4.61. The van der Waals surface area contributed by atoms with Crippen molar-refractivity contribution in [2.24, 2.45) is 5.16 Å². The molecule has 2 aromatic rings. The van der Waals surface area contributed by atoms with Gasteiger partial charge in [-0.25, -0.2) is 0 Å². The van der Waals surface area contributed by atoms with Gasteiger partial charge in [-0.1, -0.05) is 51.6 Å². The van der Waals surface area contributed by atoms with Crippen LogP contribution in [0.25, 0.3) is 0 Å². The van der Waals surface area contributed by atoms with Gasteiger partial charge in [-0.05, 0) is 36.4 Å². The zero-order valence-electron chi connectivity index (χ0n) is 12.2. The molecule has 0 saturated heterocycles. The van der Waals surface area contributed by atoms with Gasteiger partial charge in [0.05, 0.1) is 21.4 Å². The van der Waals surface area contributed by atoms with Crippen molar-refractivity contribution in [3.63, 3.8) is 0 Å². The van der Waals surface area contributed by atoms with Crippen molar-refractivity contribution in [3.8, 4) is 0 Å². The highest BCUT2D eigenvalue weighted by Gasteiger charge is 2.23. The topological polar surface area (TPSA) is 90.8 Å². The number of hydrogen-bond acceptors (Lipinski definition) is 4. The first-order valence-corrected chi connectivity index (χ1v) is 8.08. The van der Waals surface area contributed by atoms with Crippen molar-refractivity contribution >= 4 is 75.3 Å². The Labute approximate surface area is 162 Å². The number of amides is 2. The van der Waals surface area contributed by atoms with Crippen molar-refractivity contribution in [1.29, 1.82) is 0 Å². The maximum Gasteiger partial charge on any atom is 0.283 e. The maximum absolute atomic E-state index is 12.1. The van der Waals surface area contributed by atoms with Crippen molar-refractivity contribution in [2.45, 2.75) is 0 Å². The fourth-order valence-electron chi connectivity index (χ4n) is 1.74. The van der Waals surface area contributed by atoms with Crippen LogP contribution in [0, 0.1) is 0 Å². The van der Waals surface area contributed by atoms with Gasteiger partial charge in [-0.15, -0.1) is 0 Å². The van der Waals surface area contributed by atoms with Crippen LogP contribution < -0.4 is 10.6 Å². The smallest absolute Gasteiger partial charge is 0.283 e. The molecule has 0 unspecified atom stereocenters. The number of nitrogens with one attached hydrogen (secondary N) is 2. The first-order valence-electron chi connectivity index (χ1n) is 6.56. The fourth-order valence-corrected chi connectivity index (χ4v) is 2.65. The van der Waals surface area contributed by atoms with E-state index < -0.39 is 17.5 Å². The van der Waals surface area contributed by atoms with Gasteiger partial charge in [0, 0.05) is 10.0 Å². The van der Waals surface area contributed by atoms with Crippen LogP contribution in [0.4, 0.5) is 11.4 Å². The van der Waals surface area contributed by atoms with Crippen LogP contribution in [0.2, 0.25) is 20.1 Å². The summed E-state index contributed by atoms with van der Waals surface area (Å²) in [6.45, 7) is 0. The Morgan fingerprint density at radius 2 is 1.20 bits per heavy atom. The van der Waals surface area contributed by atoms with E-state index in [1.807, 2.05) is 0 Å². The number of oxime groups is 1. The molecule has 0 heterocycles. The number of halogens is 4. The van der Waals surface area contributed by atoms with Crippen LogP contribution in [0.5, 0.6) is 0 Å². The van der Waals surface area contributed by atoms with E-state index in [1.165, 1.54) is 36.4 Å². The third kappa shape index (κ3) is 4.99. The lowest BCUT2D eigenvalue weighted by Gasteiger charge is -2.10. The third-order valence-corrected chi connectivity index (χ3v) is 3.98. The lowest BCUT2D eigenvalue weighted by Crippen LogP contribution is -2.34. The molecule has 6 nitrogen and oxygen atoms in total. The van der Waals surface area contributed by atoms with Crippen LogP contribution >= 0.6 is 46.4 Å². The first-order chi connectivity index (χ1) is 11.8. The number of benzene rings is 2. The van der Waals surface area contributed by atoms with Gasteiger partial charge in [0.1, 0.15) is 0 Å². The van der Waals surface area contributed by atoms with E-state index >= 15 is 0 Å². The van der Waals surface area contributed by atoms with Crippen LogP contribution in [-0.2, 0) is 9.59 Å². The minimum absolute atomic E-state index is 0.152. The Morgan fingerprint density at radius 1 is 0.800 bits per heavy atom. The minimum atomic E-state index is -0.977. The molecule has 0 aliphatic carbocycles. The third-order valence-electron chi connectivity index (χ3n) is 2.89. The molecule has 0 bridgehead atoms. The summed E-state index contributed by atoms with van der Waals surface area (Å²) in [5, 5.41) is 17.5. The Bertz CT molecular complexity index is 804. The van der Waals surface area contributed by atoms with E-state index in [0.717, 1.165) is 0 Å². The molecule has 0 spiro atoms.